The van der Waals surface area contributed by atoms with Gasteiger partial charge in [-0.3, -0.25) is 0 Å². The molecule has 2 atom stereocenters. The highest BCUT2D eigenvalue weighted by atomic mass is 35.5. The van der Waals surface area contributed by atoms with Crippen LogP contribution in [0, 0.1) is 5.41 Å². The minimum Gasteiger partial charge on any atom is -0.392 e. The summed E-state index contributed by atoms with van der Waals surface area (Å²) >= 11 is 11.8. The molecule has 1 aliphatic rings. The highest BCUT2D eigenvalue weighted by Crippen LogP contribution is 2.41. The number of benzene rings is 1. The summed E-state index contributed by atoms with van der Waals surface area (Å²) in [6.45, 7) is 3.62. The molecule has 0 aliphatic heterocycles. The molecule has 1 aromatic carbocycles. The molecule has 0 amide bonds. The second kappa shape index (κ2) is 4.90. The van der Waals surface area contributed by atoms with Gasteiger partial charge < -0.3 is 5.11 Å². The summed E-state index contributed by atoms with van der Waals surface area (Å²) in [5.41, 5.74) is -0.499. The van der Waals surface area contributed by atoms with Crippen LogP contribution in [0.15, 0.2) is 23.1 Å². The van der Waals surface area contributed by atoms with Gasteiger partial charge in [-0.2, -0.15) is 0 Å². The van der Waals surface area contributed by atoms with E-state index in [1.807, 2.05) is 13.8 Å². The van der Waals surface area contributed by atoms with Crippen LogP contribution >= 0.6 is 23.2 Å². The number of aliphatic hydroxyl groups is 1. The summed E-state index contributed by atoms with van der Waals surface area (Å²) < 4.78 is 27.2. The smallest absolute Gasteiger partial charge is 0.243 e. The van der Waals surface area contributed by atoms with Crippen molar-refractivity contribution >= 4 is 33.2 Å². The van der Waals surface area contributed by atoms with Crippen LogP contribution in [0.4, 0.5) is 0 Å². The van der Waals surface area contributed by atoms with E-state index in [1.165, 1.54) is 12.1 Å². The fourth-order valence-corrected chi connectivity index (χ4v) is 4.64. The first-order valence-corrected chi connectivity index (χ1v) is 8.04. The average Bonchev–Trinajstić information content (AvgIpc) is 2.27. The van der Waals surface area contributed by atoms with Gasteiger partial charge in [-0.15, -0.1) is 0 Å². The molecule has 4 nitrogen and oxygen atoms in total. The van der Waals surface area contributed by atoms with Crippen LogP contribution in [0.3, 0.4) is 0 Å². The van der Waals surface area contributed by atoms with Crippen molar-refractivity contribution in [3.05, 3.63) is 28.2 Å². The zero-order valence-electron chi connectivity index (χ0n) is 10.5. The predicted octanol–water partition coefficient (Wildman–Crippen LogP) is 2.43. The SMILES string of the molecule is CC1(C)C(O)CC1NS(=O)(=O)c1c(Cl)cccc1Cl. The zero-order chi connectivity index (χ0) is 14.4. The third-order valence-corrected chi connectivity index (χ3v) is 6.13. The van der Waals surface area contributed by atoms with Crippen molar-refractivity contribution in [3.63, 3.8) is 0 Å². The van der Waals surface area contributed by atoms with Crippen molar-refractivity contribution in [2.45, 2.75) is 37.3 Å². The molecule has 0 radical (unpaired) electrons. The number of halogens is 2. The van der Waals surface area contributed by atoms with E-state index in [2.05, 4.69) is 4.72 Å². The molecule has 0 saturated heterocycles. The first-order chi connectivity index (χ1) is 8.66. The van der Waals surface area contributed by atoms with Crippen LogP contribution in [-0.2, 0) is 10.0 Å². The lowest BCUT2D eigenvalue weighted by molar-refractivity contribution is -0.0645. The molecule has 1 aliphatic carbocycles. The van der Waals surface area contributed by atoms with Crippen molar-refractivity contribution in [1.82, 2.24) is 4.72 Å². The maximum absolute atomic E-state index is 12.3. The molecule has 19 heavy (non-hydrogen) atoms. The Labute approximate surface area is 122 Å². The quantitative estimate of drug-likeness (QED) is 0.897. The van der Waals surface area contributed by atoms with Gasteiger partial charge in [0.05, 0.1) is 16.1 Å². The van der Waals surface area contributed by atoms with Crippen LogP contribution in [0.2, 0.25) is 10.0 Å². The molecule has 0 aromatic heterocycles. The van der Waals surface area contributed by atoms with Gasteiger partial charge in [0.15, 0.2) is 0 Å². The minimum atomic E-state index is -3.80. The largest absolute Gasteiger partial charge is 0.392 e. The fraction of sp³-hybridized carbons (Fsp3) is 0.500. The third kappa shape index (κ3) is 2.62. The fourth-order valence-electron chi connectivity index (χ4n) is 2.09. The Hall–Kier alpha value is -0.330. The third-order valence-electron chi connectivity index (χ3n) is 3.70. The van der Waals surface area contributed by atoms with Gasteiger partial charge in [0, 0.05) is 11.5 Å². The lowest BCUT2D eigenvalue weighted by Gasteiger charge is -2.49. The number of hydrogen-bond donors (Lipinski definition) is 2. The van der Waals surface area contributed by atoms with E-state index < -0.39 is 21.5 Å². The molecule has 1 saturated carbocycles. The minimum absolute atomic E-state index is 0.0812. The first-order valence-electron chi connectivity index (χ1n) is 5.80. The Bertz CT molecular complexity index is 581. The molecule has 2 N–H and O–H groups in total. The normalized spacial score (nSPS) is 25.9. The van der Waals surface area contributed by atoms with E-state index in [4.69, 9.17) is 23.2 Å². The molecule has 1 fully saturated rings. The van der Waals surface area contributed by atoms with E-state index in [1.54, 1.807) is 6.07 Å². The highest BCUT2D eigenvalue weighted by Gasteiger charge is 2.49. The topological polar surface area (TPSA) is 66.4 Å². The van der Waals surface area contributed by atoms with Crippen LogP contribution in [-0.4, -0.2) is 25.7 Å². The Morgan fingerprint density at radius 3 is 2.26 bits per heavy atom. The summed E-state index contributed by atoms with van der Waals surface area (Å²) in [7, 11) is -3.80. The molecule has 0 bridgehead atoms. The maximum Gasteiger partial charge on any atom is 0.243 e. The monoisotopic (exact) mass is 323 g/mol. The van der Waals surface area contributed by atoms with Crippen LogP contribution < -0.4 is 4.72 Å². The number of aliphatic hydroxyl groups excluding tert-OH is 1. The van der Waals surface area contributed by atoms with Gasteiger partial charge in [-0.25, -0.2) is 13.1 Å². The van der Waals surface area contributed by atoms with Crippen LogP contribution in [0.1, 0.15) is 20.3 Å². The van der Waals surface area contributed by atoms with Crippen LogP contribution in [0.5, 0.6) is 0 Å². The van der Waals surface area contributed by atoms with Crippen molar-refractivity contribution in [3.8, 4) is 0 Å². The lowest BCUT2D eigenvalue weighted by atomic mass is 9.65. The summed E-state index contributed by atoms with van der Waals surface area (Å²) in [5.74, 6) is 0. The molecule has 0 heterocycles. The molecule has 7 heteroatoms. The molecule has 0 spiro atoms. The van der Waals surface area contributed by atoms with Gasteiger partial charge in [0.1, 0.15) is 4.90 Å². The molecular weight excluding hydrogens is 309 g/mol. The Morgan fingerprint density at radius 1 is 1.32 bits per heavy atom. The number of rotatable bonds is 3. The van der Waals surface area contributed by atoms with Crippen molar-refractivity contribution in [2.75, 3.05) is 0 Å². The highest BCUT2D eigenvalue weighted by molar-refractivity contribution is 7.89. The second-order valence-electron chi connectivity index (χ2n) is 5.30. The molecule has 2 unspecified atom stereocenters. The van der Waals surface area contributed by atoms with Gasteiger partial charge in [0.2, 0.25) is 10.0 Å². The Morgan fingerprint density at radius 2 is 1.84 bits per heavy atom. The van der Waals surface area contributed by atoms with Crippen molar-refractivity contribution in [2.24, 2.45) is 5.41 Å². The number of hydrogen-bond acceptors (Lipinski definition) is 3. The maximum atomic E-state index is 12.3. The Kier molecular flexibility index (Phi) is 3.88. The van der Waals surface area contributed by atoms with Crippen LogP contribution in [0.25, 0.3) is 0 Å². The first kappa shape index (κ1) is 15.1. The zero-order valence-corrected chi connectivity index (χ0v) is 12.9. The molecule has 2 rings (SSSR count). The summed E-state index contributed by atoms with van der Waals surface area (Å²) in [4.78, 5) is -0.115. The van der Waals surface area contributed by atoms with Gasteiger partial charge in [0.25, 0.3) is 0 Å². The van der Waals surface area contributed by atoms with Gasteiger partial charge >= 0.3 is 0 Å². The van der Waals surface area contributed by atoms with Crippen molar-refractivity contribution in [1.29, 1.82) is 0 Å². The van der Waals surface area contributed by atoms with Crippen molar-refractivity contribution < 1.29 is 13.5 Å². The summed E-state index contributed by atoms with van der Waals surface area (Å²) in [5, 5.41) is 9.80. The van der Waals surface area contributed by atoms with E-state index in [0.717, 1.165) is 0 Å². The summed E-state index contributed by atoms with van der Waals surface area (Å²) in [6.07, 6.45) is -0.129. The summed E-state index contributed by atoms with van der Waals surface area (Å²) in [6, 6.07) is 4.20. The Balaban J connectivity index is 2.30. The standard InChI is InChI=1S/C12H15Cl2NO3S/c1-12(2)9(6-10(12)16)15-19(17,18)11-7(13)4-3-5-8(11)14/h3-5,9-10,15-16H,6H2,1-2H3. The molecular formula is C12H15Cl2NO3S. The van der Waals surface area contributed by atoms with Gasteiger partial charge in [-0.1, -0.05) is 43.1 Å². The van der Waals surface area contributed by atoms with E-state index in [-0.39, 0.29) is 21.0 Å². The number of nitrogens with one attached hydrogen (secondary N) is 1. The van der Waals surface area contributed by atoms with Gasteiger partial charge in [-0.05, 0) is 18.6 Å². The average molecular weight is 324 g/mol. The van der Waals surface area contributed by atoms with E-state index >= 15 is 0 Å². The lowest BCUT2D eigenvalue weighted by Crippen LogP contribution is -2.61. The predicted molar refractivity (Wildman–Crippen MR) is 75.0 cm³/mol. The molecule has 1 aromatic rings. The molecule has 106 valence electrons. The van der Waals surface area contributed by atoms with E-state index in [0.29, 0.717) is 6.42 Å². The van der Waals surface area contributed by atoms with E-state index in [9.17, 15) is 13.5 Å². The second-order valence-corrected chi connectivity index (χ2v) is 7.76. The number of sulfonamides is 1.